The second kappa shape index (κ2) is 4.89. The van der Waals surface area contributed by atoms with Gasteiger partial charge >= 0.3 is 5.97 Å². The molecule has 0 heterocycles. The number of carbonyl (C=O) groups excluding carboxylic acids is 1. The van der Waals surface area contributed by atoms with Crippen molar-refractivity contribution in [3.63, 3.8) is 0 Å². The molecule has 2 nitrogen and oxygen atoms in total. The Morgan fingerprint density at radius 2 is 2.00 bits per heavy atom. The normalized spacial score (nSPS) is 13.2. The Morgan fingerprint density at radius 3 is 2.23 bits per heavy atom. The van der Waals surface area contributed by atoms with Crippen molar-refractivity contribution in [2.45, 2.75) is 16.8 Å². The molecule has 0 N–H and O–H groups in total. The number of alkyl halides is 3. The summed E-state index contributed by atoms with van der Waals surface area (Å²) in [4.78, 5) is 11.0. The smallest absolute Gasteiger partial charge is 0.333 e. The summed E-state index contributed by atoms with van der Waals surface area (Å²) in [5.74, 6) is -0.615. The molecule has 0 fully saturated rings. The predicted octanol–water partition coefficient (Wildman–Crippen LogP) is 3.03. The van der Waals surface area contributed by atoms with Gasteiger partial charge in [-0.25, -0.2) is 4.79 Å². The van der Waals surface area contributed by atoms with Crippen LogP contribution in [-0.2, 0) is 9.53 Å². The molecule has 0 aliphatic heterocycles. The van der Waals surface area contributed by atoms with E-state index in [1.165, 1.54) is 13.0 Å². The first-order valence-corrected chi connectivity index (χ1v) is 4.48. The lowest BCUT2D eigenvalue weighted by atomic mass is 10.3. The molecular weight excluding hydrogens is 234 g/mol. The van der Waals surface area contributed by atoms with Crippen molar-refractivity contribution < 1.29 is 9.53 Å². The van der Waals surface area contributed by atoms with Crippen LogP contribution < -0.4 is 0 Å². The highest BCUT2D eigenvalue weighted by molar-refractivity contribution is 6.68. The van der Waals surface area contributed by atoms with E-state index in [9.17, 15) is 4.79 Å². The molecule has 5 heteroatoms. The standard InChI is InChI=1S/C8H9Cl3O2/c1-4-6(8(9,10)11)13-7(12)5(2)3/h4,6H,1-2H2,3H3. The van der Waals surface area contributed by atoms with Crippen LogP contribution in [0.2, 0.25) is 0 Å². The average molecular weight is 244 g/mol. The number of hydrogen-bond acceptors (Lipinski definition) is 2. The van der Waals surface area contributed by atoms with E-state index in [-0.39, 0.29) is 5.57 Å². The van der Waals surface area contributed by atoms with Gasteiger partial charge in [0.1, 0.15) is 0 Å². The van der Waals surface area contributed by atoms with Gasteiger partial charge in [-0.2, -0.15) is 0 Å². The highest BCUT2D eigenvalue weighted by Gasteiger charge is 2.33. The van der Waals surface area contributed by atoms with E-state index >= 15 is 0 Å². The molecule has 0 aromatic heterocycles. The molecule has 74 valence electrons. The Balaban J connectivity index is 4.39. The fourth-order valence-electron chi connectivity index (χ4n) is 0.464. The van der Waals surface area contributed by atoms with Crippen molar-refractivity contribution in [1.82, 2.24) is 0 Å². The molecule has 0 aliphatic rings. The minimum absolute atomic E-state index is 0.237. The van der Waals surface area contributed by atoms with E-state index in [4.69, 9.17) is 39.5 Å². The fraction of sp³-hybridized carbons (Fsp3) is 0.375. The molecule has 13 heavy (non-hydrogen) atoms. The lowest BCUT2D eigenvalue weighted by Gasteiger charge is -2.20. The van der Waals surface area contributed by atoms with E-state index in [1.54, 1.807) is 0 Å². The van der Waals surface area contributed by atoms with Crippen molar-refractivity contribution in [1.29, 1.82) is 0 Å². The minimum Gasteiger partial charge on any atom is -0.450 e. The molecule has 0 aromatic carbocycles. The molecule has 1 unspecified atom stereocenters. The summed E-state index contributed by atoms with van der Waals surface area (Å²) in [6.07, 6.45) is 0.273. The van der Waals surface area contributed by atoms with Gasteiger partial charge in [0, 0.05) is 5.57 Å². The first-order chi connectivity index (χ1) is 5.79. The zero-order valence-electron chi connectivity index (χ0n) is 7.02. The van der Waals surface area contributed by atoms with E-state index in [0.717, 1.165) is 0 Å². The van der Waals surface area contributed by atoms with Crippen LogP contribution in [0.25, 0.3) is 0 Å². The van der Waals surface area contributed by atoms with Crippen molar-refractivity contribution >= 4 is 40.8 Å². The topological polar surface area (TPSA) is 26.3 Å². The monoisotopic (exact) mass is 242 g/mol. The highest BCUT2D eigenvalue weighted by atomic mass is 35.6. The molecule has 0 aliphatic carbocycles. The molecule has 0 bridgehead atoms. The summed E-state index contributed by atoms with van der Waals surface area (Å²) in [6, 6.07) is 0. The molecular formula is C8H9Cl3O2. The highest BCUT2D eigenvalue weighted by Crippen LogP contribution is 2.33. The van der Waals surface area contributed by atoms with Gasteiger partial charge < -0.3 is 4.74 Å². The summed E-state index contributed by atoms with van der Waals surface area (Å²) in [5, 5.41) is 0. The number of halogens is 3. The van der Waals surface area contributed by atoms with Gasteiger partial charge in [0.15, 0.2) is 6.10 Å². The lowest BCUT2D eigenvalue weighted by molar-refractivity contribution is -0.141. The first-order valence-electron chi connectivity index (χ1n) is 3.34. The average Bonchev–Trinajstić information content (AvgIpc) is 1.96. The largest absolute Gasteiger partial charge is 0.450 e. The summed E-state index contributed by atoms with van der Waals surface area (Å²) in [6.45, 7) is 8.27. The molecule has 0 saturated carbocycles. The zero-order valence-corrected chi connectivity index (χ0v) is 9.29. The molecule has 0 amide bonds. The Hall–Kier alpha value is -0.180. The maximum Gasteiger partial charge on any atom is 0.333 e. The Morgan fingerprint density at radius 1 is 1.54 bits per heavy atom. The van der Waals surface area contributed by atoms with Crippen molar-refractivity contribution in [3.05, 3.63) is 24.8 Å². The van der Waals surface area contributed by atoms with Crippen molar-refractivity contribution in [3.8, 4) is 0 Å². The summed E-state index contributed by atoms with van der Waals surface area (Å²) in [5.41, 5.74) is 0.237. The second-order valence-electron chi connectivity index (χ2n) is 2.38. The second-order valence-corrected chi connectivity index (χ2v) is 4.75. The van der Waals surface area contributed by atoms with E-state index in [2.05, 4.69) is 13.2 Å². The van der Waals surface area contributed by atoms with Gasteiger partial charge in [0.2, 0.25) is 3.79 Å². The van der Waals surface area contributed by atoms with E-state index < -0.39 is 15.9 Å². The first kappa shape index (κ1) is 12.8. The fourth-order valence-corrected chi connectivity index (χ4v) is 0.865. The maximum atomic E-state index is 11.0. The lowest BCUT2D eigenvalue weighted by Crippen LogP contribution is -2.29. The third kappa shape index (κ3) is 4.55. The quantitative estimate of drug-likeness (QED) is 0.330. The van der Waals surface area contributed by atoms with Crippen LogP contribution >= 0.6 is 34.8 Å². The van der Waals surface area contributed by atoms with Gasteiger partial charge in [0.05, 0.1) is 0 Å². The van der Waals surface area contributed by atoms with E-state index in [1.807, 2.05) is 0 Å². The molecule has 0 aromatic rings. The number of ether oxygens (including phenoxy) is 1. The predicted molar refractivity (Wildman–Crippen MR) is 55.2 cm³/mol. The zero-order chi connectivity index (χ0) is 10.6. The number of carbonyl (C=O) groups is 1. The van der Waals surface area contributed by atoms with E-state index in [0.29, 0.717) is 0 Å². The van der Waals surface area contributed by atoms with Crippen LogP contribution in [0.5, 0.6) is 0 Å². The van der Waals surface area contributed by atoms with Crippen LogP contribution in [0, 0.1) is 0 Å². The molecule has 0 spiro atoms. The third-order valence-electron chi connectivity index (χ3n) is 1.12. The van der Waals surface area contributed by atoms with Crippen LogP contribution in [0.15, 0.2) is 24.8 Å². The van der Waals surface area contributed by atoms with Crippen LogP contribution in [0.4, 0.5) is 0 Å². The summed E-state index contributed by atoms with van der Waals surface area (Å²) >= 11 is 16.5. The van der Waals surface area contributed by atoms with Gasteiger partial charge in [-0.05, 0) is 13.0 Å². The summed E-state index contributed by atoms with van der Waals surface area (Å²) in [7, 11) is 0. The molecule has 0 saturated heterocycles. The minimum atomic E-state index is -1.70. The van der Waals surface area contributed by atoms with Crippen molar-refractivity contribution in [2.75, 3.05) is 0 Å². The number of rotatable bonds is 3. The Labute approximate surface area is 92.1 Å². The SMILES string of the molecule is C=CC(OC(=O)C(=C)C)C(Cl)(Cl)Cl. The third-order valence-corrected chi connectivity index (χ3v) is 1.76. The number of esters is 1. The van der Waals surface area contributed by atoms with Gasteiger partial charge in [0.25, 0.3) is 0 Å². The molecule has 0 rings (SSSR count). The van der Waals surface area contributed by atoms with Gasteiger partial charge in [-0.15, -0.1) is 0 Å². The van der Waals surface area contributed by atoms with Crippen LogP contribution in [0.3, 0.4) is 0 Å². The summed E-state index contributed by atoms with van der Waals surface area (Å²) < 4.78 is 3.07. The van der Waals surface area contributed by atoms with Gasteiger partial charge in [-0.1, -0.05) is 48.0 Å². The van der Waals surface area contributed by atoms with Crippen LogP contribution in [-0.4, -0.2) is 15.9 Å². The molecule has 0 radical (unpaired) electrons. The number of hydrogen-bond donors (Lipinski definition) is 0. The van der Waals surface area contributed by atoms with Crippen LogP contribution in [0.1, 0.15) is 6.92 Å². The maximum absolute atomic E-state index is 11.0. The molecule has 1 atom stereocenters. The van der Waals surface area contributed by atoms with Crippen molar-refractivity contribution in [2.24, 2.45) is 0 Å². The van der Waals surface area contributed by atoms with Gasteiger partial charge in [-0.3, -0.25) is 0 Å². The Kier molecular flexibility index (Phi) is 4.82. The Bertz CT molecular complexity index is 230.